The number of nitro groups is 1. The lowest BCUT2D eigenvalue weighted by Gasteiger charge is -2.08. The van der Waals surface area contributed by atoms with Crippen LogP contribution in [-0.2, 0) is 6.54 Å². The second kappa shape index (κ2) is 6.11. The molecule has 3 rings (SSSR count). The predicted octanol–water partition coefficient (Wildman–Crippen LogP) is 3.53. The van der Waals surface area contributed by atoms with E-state index in [4.69, 9.17) is 0 Å². The molecule has 0 radical (unpaired) electrons. The highest BCUT2D eigenvalue weighted by molar-refractivity contribution is 6.04. The number of nitro benzene ring substituents is 1. The zero-order valence-electron chi connectivity index (χ0n) is 13.3. The summed E-state index contributed by atoms with van der Waals surface area (Å²) in [6.07, 6.45) is 0. The molecule has 0 bridgehead atoms. The number of carbonyl (C=O) groups is 1. The molecule has 0 aliphatic rings. The molecule has 1 aromatic heterocycles. The van der Waals surface area contributed by atoms with Gasteiger partial charge in [0.25, 0.3) is 11.6 Å². The van der Waals surface area contributed by atoms with Crippen LogP contribution in [-0.4, -0.2) is 20.4 Å². The Morgan fingerprint density at radius 1 is 1.29 bits per heavy atom. The average Bonchev–Trinajstić information content (AvgIpc) is 2.91. The highest BCUT2D eigenvalue weighted by Gasteiger charge is 2.17. The second-order valence-corrected chi connectivity index (χ2v) is 5.38. The van der Waals surface area contributed by atoms with Crippen LogP contribution in [0.4, 0.5) is 11.6 Å². The van der Waals surface area contributed by atoms with Gasteiger partial charge in [-0.05, 0) is 32.0 Å². The Bertz CT molecular complexity index is 946. The topological polar surface area (TPSA) is 90.1 Å². The average molecular weight is 324 g/mol. The number of nitrogens with one attached hydrogen (secondary N) is 1. The Morgan fingerprint density at radius 2 is 2.04 bits per heavy atom. The monoisotopic (exact) mass is 324 g/mol. The highest BCUT2D eigenvalue weighted by Crippen LogP contribution is 2.22. The van der Waals surface area contributed by atoms with E-state index in [9.17, 15) is 14.9 Å². The third kappa shape index (κ3) is 2.71. The Morgan fingerprint density at radius 3 is 2.75 bits per heavy atom. The van der Waals surface area contributed by atoms with Gasteiger partial charge in [-0.15, -0.1) is 0 Å². The van der Waals surface area contributed by atoms with Crippen LogP contribution in [0.15, 0.2) is 42.5 Å². The first-order chi connectivity index (χ1) is 11.5. The van der Waals surface area contributed by atoms with Gasteiger partial charge in [0.2, 0.25) is 5.95 Å². The quantitative estimate of drug-likeness (QED) is 0.587. The summed E-state index contributed by atoms with van der Waals surface area (Å²) in [5.41, 5.74) is 2.36. The smallest absolute Gasteiger partial charge is 0.273 e. The molecule has 7 heteroatoms. The van der Waals surface area contributed by atoms with Gasteiger partial charge in [0, 0.05) is 23.7 Å². The fourth-order valence-electron chi connectivity index (χ4n) is 2.61. The van der Waals surface area contributed by atoms with Crippen LogP contribution in [0.1, 0.15) is 22.8 Å². The van der Waals surface area contributed by atoms with E-state index < -0.39 is 10.8 Å². The number of carbonyl (C=O) groups excluding carboxylic acids is 1. The zero-order chi connectivity index (χ0) is 17.3. The van der Waals surface area contributed by atoms with Crippen LogP contribution >= 0.6 is 0 Å². The number of benzene rings is 2. The molecule has 1 amide bonds. The summed E-state index contributed by atoms with van der Waals surface area (Å²) >= 11 is 0. The molecule has 0 fully saturated rings. The molecule has 0 saturated heterocycles. The van der Waals surface area contributed by atoms with Crippen molar-refractivity contribution in [2.75, 3.05) is 5.32 Å². The molecule has 1 N–H and O–H groups in total. The van der Waals surface area contributed by atoms with Gasteiger partial charge in [-0.25, -0.2) is 4.98 Å². The van der Waals surface area contributed by atoms with Crippen LogP contribution in [0.3, 0.4) is 0 Å². The molecule has 1 heterocycles. The fraction of sp³-hybridized carbons (Fsp3) is 0.176. The molecule has 2 aromatic carbocycles. The number of fused-ring (bicyclic) bond motifs is 1. The molecule has 7 nitrogen and oxygen atoms in total. The third-order valence-corrected chi connectivity index (χ3v) is 3.86. The van der Waals surface area contributed by atoms with Crippen LogP contribution < -0.4 is 5.32 Å². The molecule has 0 aliphatic heterocycles. The Hall–Kier alpha value is -3.22. The number of amides is 1. The summed E-state index contributed by atoms with van der Waals surface area (Å²) < 4.78 is 1.88. The minimum Gasteiger partial charge on any atom is -0.310 e. The number of hydrogen-bond acceptors (Lipinski definition) is 4. The SMILES string of the molecule is CCn1c(NC(=O)c2ccc(C)c([N+](=O)[O-])c2)nc2ccccc21. The second-order valence-electron chi connectivity index (χ2n) is 5.38. The molecular formula is C17H16N4O3. The molecule has 0 atom stereocenters. The molecule has 24 heavy (non-hydrogen) atoms. The maximum absolute atomic E-state index is 12.5. The van der Waals surface area contributed by atoms with Crippen LogP contribution in [0.2, 0.25) is 0 Å². The standard InChI is InChI=1S/C17H16N4O3/c1-3-20-14-7-5-4-6-13(14)18-17(20)19-16(22)12-9-8-11(2)15(10-12)21(23)24/h4-10H,3H2,1-2H3,(H,18,19,22). The number of anilines is 1. The third-order valence-electron chi connectivity index (χ3n) is 3.86. The lowest BCUT2D eigenvalue weighted by molar-refractivity contribution is -0.385. The summed E-state index contributed by atoms with van der Waals surface area (Å²) in [6.45, 7) is 4.24. The highest BCUT2D eigenvalue weighted by atomic mass is 16.6. The van der Waals surface area contributed by atoms with Crippen LogP contribution in [0.5, 0.6) is 0 Å². The van der Waals surface area contributed by atoms with Crippen molar-refractivity contribution in [3.8, 4) is 0 Å². The van der Waals surface area contributed by atoms with E-state index in [1.54, 1.807) is 19.1 Å². The first kappa shape index (κ1) is 15.7. The van der Waals surface area contributed by atoms with Crippen molar-refractivity contribution in [3.63, 3.8) is 0 Å². The van der Waals surface area contributed by atoms with Gasteiger partial charge in [-0.3, -0.25) is 20.2 Å². The number of aromatic nitrogens is 2. The number of aryl methyl sites for hydroxylation is 2. The maximum atomic E-state index is 12.5. The van der Waals surface area contributed by atoms with Crippen molar-refractivity contribution in [1.82, 2.24) is 9.55 Å². The van der Waals surface area contributed by atoms with Gasteiger partial charge in [0.15, 0.2) is 0 Å². The van der Waals surface area contributed by atoms with Crippen molar-refractivity contribution in [2.24, 2.45) is 0 Å². The summed E-state index contributed by atoms with van der Waals surface area (Å²) in [4.78, 5) is 27.4. The van der Waals surface area contributed by atoms with E-state index in [2.05, 4.69) is 10.3 Å². The lowest BCUT2D eigenvalue weighted by Crippen LogP contribution is -2.16. The van der Waals surface area contributed by atoms with Gasteiger partial charge in [-0.1, -0.05) is 18.2 Å². The molecule has 0 aliphatic carbocycles. The zero-order valence-corrected chi connectivity index (χ0v) is 13.3. The molecule has 0 unspecified atom stereocenters. The summed E-state index contributed by atoms with van der Waals surface area (Å²) in [7, 11) is 0. The Balaban J connectivity index is 1.96. The largest absolute Gasteiger partial charge is 0.310 e. The normalized spacial score (nSPS) is 10.8. The minimum atomic E-state index is -0.493. The van der Waals surface area contributed by atoms with Crippen LogP contribution in [0.25, 0.3) is 11.0 Å². The van der Waals surface area contributed by atoms with Crippen LogP contribution in [0, 0.1) is 17.0 Å². The lowest BCUT2D eigenvalue weighted by atomic mass is 10.1. The van der Waals surface area contributed by atoms with Gasteiger partial charge >= 0.3 is 0 Å². The van der Waals surface area contributed by atoms with Crippen molar-refractivity contribution in [3.05, 3.63) is 63.7 Å². The van der Waals surface area contributed by atoms with E-state index in [1.165, 1.54) is 6.07 Å². The number of nitrogens with zero attached hydrogens (tertiary/aromatic N) is 3. The van der Waals surface area contributed by atoms with Crippen molar-refractivity contribution in [1.29, 1.82) is 0 Å². The van der Waals surface area contributed by atoms with E-state index in [0.29, 0.717) is 18.1 Å². The summed E-state index contributed by atoms with van der Waals surface area (Å²) in [5.74, 6) is -0.00460. The molecule has 3 aromatic rings. The van der Waals surface area contributed by atoms with Gasteiger partial charge in [0.1, 0.15) is 0 Å². The predicted molar refractivity (Wildman–Crippen MR) is 91.2 cm³/mol. The van der Waals surface area contributed by atoms with E-state index >= 15 is 0 Å². The molecule has 0 spiro atoms. The number of hydrogen-bond donors (Lipinski definition) is 1. The summed E-state index contributed by atoms with van der Waals surface area (Å²) in [6, 6.07) is 12.0. The first-order valence-electron chi connectivity index (χ1n) is 7.53. The van der Waals surface area contributed by atoms with Crippen molar-refractivity contribution >= 4 is 28.6 Å². The van der Waals surface area contributed by atoms with E-state index in [1.807, 2.05) is 35.8 Å². The van der Waals surface area contributed by atoms with Crippen molar-refractivity contribution in [2.45, 2.75) is 20.4 Å². The maximum Gasteiger partial charge on any atom is 0.273 e. The first-order valence-corrected chi connectivity index (χ1v) is 7.53. The minimum absolute atomic E-state index is 0.0772. The summed E-state index contributed by atoms with van der Waals surface area (Å²) in [5, 5.41) is 13.8. The Labute approximate surface area is 138 Å². The molecule has 122 valence electrons. The van der Waals surface area contributed by atoms with Crippen molar-refractivity contribution < 1.29 is 9.72 Å². The molecule has 0 saturated carbocycles. The van der Waals surface area contributed by atoms with Gasteiger partial charge < -0.3 is 4.57 Å². The van der Waals surface area contributed by atoms with E-state index in [-0.39, 0.29) is 11.3 Å². The Kier molecular flexibility index (Phi) is 3.99. The van der Waals surface area contributed by atoms with Gasteiger partial charge in [0.05, 0.1) is 16.0 Å². The number of para-hydroxylation sites is 2. The van der Waals surface area contributed by atoms with Gasteiger partial charge in [-0.2, -0.15) is 0 Å². The molecular weight excluding hydrogens is 308 g/mol. The fourth-order valence-corrected chi connectivity index (χ4v) is 2.61. The van der Waals surface area contributed by atoms with E-state index in [0.717, 1.165) is 11.0 Å². The number of rotatable bonds is 4. The number of imidazole rings is 1.